The Kier molecular flexibility index (Phi) is 7.55. The van der Waals surface area contributed by atoms with Crippen molar-refractivity contribution < 1.29 is 14.1 Å². The van der Waals surface area contributed by atoms with E-state index in [4.69, 9.17) is 20.9 Å². The van der Waals surface area contributed by atoms with Crippen molar-refractivity contribution in [3.8, 4) is 5.75 Å². The normalized spacial score (nSPS) is 10.7. The molecule has 0 bridgehead atoms. The van der Waals surface area contributed by atoms with Crippen LogP contribution in [0.3, 0.4) is 0 Å². The van der Waals surface area contributed by atoms with Gasteiger partial charge in [-0.2, -0.15) is 4.98 Å². The van der Waals surface area contributed by atoms with Crippen LogP contribution in [0.4, 0.5) is 5.69 Å². The summed E-state index contributed by atoms with van der Waals surface area (Å²) in [4.78, 5) is 18.4. The van der Waals surface area contributed by atoms with Gasteiger partial charge < -0.3 is 14.6 Å². The van der Waals surface area contributed by atoms with Crippen LogP contribution in [0.2, 0.25) is 5.02 Å². The van der Waals surface area contributed by atoms with Crippen LogP contribution in [-0.4, -0.2) is 23.2 Å². The van der Waals surface area contributed by atoms with Crippen LogP contribution in [0, 0.1) is 0 Å². The van der Waals surface area contributed by atoms with Crippen LogP contribution in [-0.2, 0) is 17.6 Å². The van der Waals surface area contributed by atoms with Crippen LogP contribution >= 0.6 is 23.4 Å². The minimum atomic E-state index is -0.133. The van der Waals surface area contributed by atoms with Gasteiger partial charge in [0.25, 0.3) is 0 Å². The average Bonchev–Trinajstić information content (AvgIpc) is 3.17. The zero-order valence-electron chi connectivity index (χ0n) is 16.3. The van der Waals surface area contributed by atoms with E-state index in [2.05, 4.69) is 22.4 Å². The van der Waals surface area contributed by atoms with Gasteiger partial charge in [-0.05, 0) is 48.9 Å². The molecule has 0 spiro atoms. The first-order chi connectivity index (χ1) is 14.1. The van der Waals surface area contributed by atoms with Crippen molar-refractivity contribution in [1.29, 1.82) is 0 Å². The maximum Gasteiger partial charge on any atom is 0.227 e. The summed E-state index contributed by atoms with van der Waals surface area (Å²) in [5.74, 6) is 1.83. The second-order valence-corrected chi connectivity index (χ2v) is 7.85. The second-order valence-electron chi connectivity index (χ2n) is 6.33. The molecule has 3 aromatic rings. The number of halogens is 1. The summed E-state index contributed by atoms with van der Waals surface area (Å²) in [6, 6.07) is 13.2. The van der Waals surface area contributed by atoms with E-state index in [1.807, 2.05) is 36.4 Å². The average molecular weight is 432 g/mol. The van der Waals surface area contributed by atoms with Gasteiger partial charge >= 0.3 is 0 Å². The highest BCUT2D eigenvalue weighted by molar-refractivity contribution is 7.99. The van der Waals surface area contributed by atoms with Crippen molar-refractivity contribution in [2.75, 3.05) is 12.4 Å². The van der Waals surface area contributed by atoms with Gasteiger partial charge in [0.1, 0.15) is 5.75 Å². The number of nitrogens with one attached hydrogen (secondary N) is 1. The quantitative estimate of drug-likeness (QED) is 0.488. The van der Waals surface area contributed by atoms with Crippen molar-refractivity contribution in [3.63, 3.8) is 0 Å². The third-order valence-corrected chi connectivity index (χ3v) is 5.56. The summed E-state index contributed by atoms with van der Waals surface area (Å²) in [5, 5.41) is 7.31. The van der Waals surface area contributed by atoms with Crippen molar-refractivity contribution in [3.05, 3.63) is 59.2 Å². The van der Waals surface area contributed by atoms with E-state index in [0.717, 1.165) is 28.4 Å². The van der Waals surface area contributed by atoms with Gasteiger partial charge in [0, 0.05) is 34.7 Å². The lowest BCUT2D eigenvalue weighted by molar-refractivity contribution is -0.116. The summed E-state index contributed by atoms with van der Waals surface area (Å²) < 4.78 is 10.3. The first-order valence-corrected chi connectivity index (χ1v) is 10.5. The van der Waals surface area contributed by atoms with E-state index in [1.165, 1.54) is 0 Å². The molecule has 0 saturated carbocycles. The molecule has 29 heavy (non-hydrogen) atoms. The molecular weight excluding hydrogens is 410 g/mol. The lowest BCUT2D eigenvalue weighted by Gasteiger charge is -2.09. The Morgan fingerprint density at radius 3 is 2.69 bits per heavy atom. The van der Waals surface area contributed by atoms with E-state index < -0.39 is 0 Å². The molecule has 0 aliphatic carbocycles. The number of aromatic nitrogens is 2. The van der Waals surface area contributed by atoms with Gasteiger partial charge in [0.05, 0.1) is 12.1 Å². The number of ether oxygens (including phenoxy) is 1. The van der Waals surface area contributed by atoms with Crippen molar-refractivity contribution in [1.82, 2.24) is 10.1 Å². The smallest absolute Gasteiger partial charge is 0.227 e. The Labute approximate surface area is 179 Å². The molecule has 6 nitrogen and oxygen atoms in total. The molecule has 8 heteroatoms. The van der Waals surface area contributed by atoms with E-state index in [-0.39, 0.29) is 12.3 Å². The van der Waals surface area contributed by atoms with Gasteiger partial charge in [-0.3, -0.25) is 4.79 Å². The van der Waals surface area contributed by atoms with E-state index in [9.17, 15) is 4.79 Å². The van der Waals surface area contributed by atoms with Crippen molar-refractivity contribution in [2.24, 2.45) is 0 Å². The van der Waals surface area contributed by atoms with Crippen LogP contribution < -0.4 is 10.1 Å². The molecule has 1 heterocycles. The molecule has 1 N–H and O–H groups in total. The molecule has 0 saturated heterocycles. The number of carbonyl (C=O) groups excluding carboxylic acids is 1. The maximum atomic E-state index is 12.2. The van der Waals surface area contributed by atoms with E-state index in [1.54, 1.807) is 24.9 Å². The lowest BCUT2D eigenvalue weighted by atomic mass is 10.2. The fourth-order valence-electron chi connectivity index (χ4n) is 2.59. The first-order valence-electron chi connectivity index (χ1n) is 9.30. The highest BCUT2D eigenvalue weighted by Crippen LogP contribution is 2.35. The van der Waals surface area contributed by atoms with Crippen molar-refractivity contribution >= 4 is 35.0 Å². The standard InChI is InChI=1S/C21H22ClN3O3S/c1-3-4-19-24-21(28-25-19)12-11-20(26)23-14-5-10-18(17(22)13-14)29-16-8-6-15(27-2)7-9-16/h5-10,13H,3-4,11-12H2,1-2H3,(H,23,26). The number of anilines is 1. The third-order valence-electron chi connectivity index (χ3n) is 4.05. The fourth-order valence-corrected chi connectivity index (χ4v) is 3.71. The van der Waals surface area contributed by atoms with Gasteiger partial charge in [-0.25, -0.2) is 0 Å². The van der Waals surface area contributed by atoms with Crippen LogP contribution in [0.25, 0.3) is 0 Å². The Morgan fingerprint density at radius 1 is 1.21 bits per heavy atom. The predicted octanol–water partition coefficient (Wildman–Crippen LogP) is 5.41. The zero-order chi connectivity index (χ0) is 20.6. The molecule has 0 aliphatic rings. The fraction of sp³-hybridized carbons (Fsp3) is 0.286. The molecule has 1 amide bonds. The van der Waals surface area contributed by atoms with Gasteiger partial charge in [0.2, 0.25) is 11.8 Å². The van der Waals surface area contributed by atoms with Gasteiger partial charge in [-0.15, -0.1) is 0 Å². The molecule has 2 aromatic carbocycles. The summed E-state index contributed by atoms with van der Waals surface area (Å²) >= 11 is 7.94. The third kappa shape index (κ3) is 6.24. The molecule has 3 rings (SSSR count). The summed E-state index contributed by atoms with van der Waals surface area (Å²) in [6.45, 7) is 2.05. The molecule has 0 unspecified atom stereocenters. The predicted molar refractivity (Wildman–Crippen MR) is 114 cm³/mol. The van der Waals surface area contributed by atoms with E-state index >= 15 is 0 Å². The Bertz CT molecular complexity index is 960. The minimum Gasteiger partial charge on any atom is -0.497 e. The number of rotatable bonds is 9. The number of aryl methyl sites for hydroxylation is 2. The number of carbonyl (C=O) groups is 1. The van der Waals surface area contributed by atoms with Crippen LogP contribution in [0.1, 0.15) is 31.5 Å². The molecule has 0 aliphatic heterocycles. The maximum absolute atomic E-state index is 12.2. The van der Waals surface area contributed by atoms with Crippen molar-refractivity contribution in [2.45, 2.75) is 42.4 Å². The molecular formula is C21H22ClN3O3S. The van der Waals surface area contributed by atoms with Crippen LogP contribution in [0.5, 0.6) is 5.75 Å². The number of nitrogens with zero attached hydrogens (tertiary/aromatic N) is 2. The number of hydrogen-bond donors (Lipinski definition) is 1. The largest absolute Gasteiger partial charge is 0.497 e. The first kappa shape index (κ1) is 21.2. The Morgan fingerprint density at radius 2 is 2.00 bits per heavy atom. The lowest BCUT2D eigenvalue weighted by Crippen LogP contribution is -2.12. The number of amides is 1. The topological polar surface area (TPSA) is 77.2 Å². The minimum absolute atomic E-state index is 0.133. The molecule has 0 radical (unpaired) electrons. The highest BCUT2D eigenvalue weighted by atomic mass is 35.5. The Balaban J connectivity index is 1.54. The molecule has 0 fully saturated rings. The molecule has 0 atom stereocenters. The number of benzene rings is 2. The number of methoxy groups -OCH3 is 1. The SMILES string of the molecule is CCCc1noc(CCC(=O)Nc2ccc(Sc3ccc(OC)cc3)c(Cl)c2)n1. The monoisotopic (exact) mass is 431 g/mol. The van der Waals surface area contributed by atoms with Gasteiger partial charge in [-0.1, -0.05) is 35.4 Å². The second kappa shape index (κ2) is 10.3. The number of hydrogen-bond acceptors (Lipinski definition) is 6. The zero-order valence-corrected chi connectivity index (χ0v) is 17.8. The molecule has 1 aromatic heterocycles. The Hall–Kier alpha value is -2.51. The van der Waals surface area contributed by atoms with Gasteiger partial charge in [0.15, 0.2) is 5.82 Å². The molecule has 152 valence electrons. The van der Waals surface area contributed by atoms with E-state index in [0.29, 0.717) is 28.8 Å². The van der Waals surface area contributed by atoms with Crippen LogP contribution in [0.15, 0.2) is 56.8 Å². The summed E-state index contributed by atoms with van der Waals surface area (Å²) in [7, 11) is 1.64. The highest BCUT2D eigenvalue weighted by Gasteiger charge is 2.10. The summed E-state index contributed by atoms with van der Waals surface area (Å²) in [5.41, 5.74) is 0.649. The summed E-state index contributed by atoms with van der Waals surface area (Å²) in [6.07, 6.45) is 2.39.